The number of rotatable bonds is 4. The molecular weight excluding hydrogens is 705 g/mol. The molecule has 8 aromatic rings. The van der Waals surface area contributed by atoms with E-state index in [1.54, 1.807) is 0 Å². The van der Waals surface area contributed by atoms with Crippen LogP contribution in [-0.4, -0.2) is 19.9 Å². The average Bonchev–Trinajstić information content (AvgIpc) is 4.04. The molecule has 5 heterocycles. The van der Waals surface area contributed by atoms with Gasteiger partial charge in [-0.15, -0.1) is 12.8 Å². The quantitative estimate of drug-likeness (QED) is 0.132. The van der Waals surface area contributed by atoms with Crippen molar-refractivity contribution in [3.8, 4) is 24.7 Å². The molecule has 0 saturated heterocycles. The first-order valence-corrected chi connectivity index (χ1v) is 19.7. The molecule has 0 radical (unpaired) electrons. The van der Waals surface area contributed by atoms with E-state index in [2.05, 4.69) is 170 Å². The summed E-state index contributed by atoms with van der Waals surface area (Å²) in [5, 5.41) is 3.94. The van der Waals surface area contributed by atoms with E-state index in [0.29, 0.717) is 0 Å². The summed E-state index contributed by atoms with van der Waals surface area (Å²) in [7, 11) is 0. The number of nitrogens with one attached hydrogen (secondary N) is 4. The zero-order chi connectivity index (χ0) is 40.2. The van der Waals surface area contributed by atoms with Crippen LogP contribution in [0.4, 0.5) is 0 Å². The SMILES string of the molecule is C#Cc1cccc(C2=c3ccc([nH]3)=C(c3c(C)cc(C)cc3C)c3ccc([nH]3)C(c3cccc(C#C)c3)=c3ccc([nH]3)=C(c3c(C)cc(C)cc3C)c3ccc2[nH]3)c1. The first-order chi connectivity index (χ1) is 28.1. The van der Waals surface area contributed by atoms with Crippen LogP contribution in [0.5, 0.6) is 0 Å². The minimum Gasteiger partial charge on any atom is -0.354 e. The molecule has 4 aromatic carbocycles. The van der Waals surface area contributed by atoms with Crippen LogP contribution in [0.3, 0.4) is 0 Å². The molecule has 58 heavy (non-hydrogen) atoms. The van der Waals surface area contributed by atoms with Crippen LogP contribution in [-0.2, 0) is 0 Å². The summed E-state index contributed by atoms with van der Waals surface area (Å²) in [6, 6.07) is 43.1. The fourth-order valence-corrected chi connectivity index (χ4v) is 9.17. The number of hydrogen-bond acceptors (Lipinski definition) is 0. The van der Waals surface area contributed by atoms with Gasteiger partial charge in [0.1, 0.15) is 0 Å². The van der Waals surface area contributed by atoms with Gasteiger partial charge in [0, 0.05) is 77.6 Å². The summed E-state index contributed by atoms with van der Waals surface area (Å²) in [5.41, 5.74) is 21.5. The fraction of sp³-hybridized carbons (Fsp3) is 0.111. The van der Waals surface area contributed by atoms with Crippen molar-refractivity contribution >= 4 is 22.3 Å². The number of aromatic nitrogens is 4. The molecule has 4 nitrogen and oxygen atoms in total. The summed E-state index contributed by atoms with van der Waals surface area (Å²) in [6.07, 6.45) is 12.0. The molecular formula is C54H44N4. The molecule has 0 amide bonds. The molecule has 4 aromatic heterocycles. The predicted octanol–water partition coefficient (Wildman–Crippen LogP) is 8.11. The molecule has 0 fully saturated rings. The third kappa shape index (κ3) is 6.26. The highest BCUT2D eigenvalue weighted by Crippen LogP contribution is 2.32. The van der Waals surface area contributed by atoms with Gasteiger partial charge in [0.2, 0.25) is 0 Å². The molecule has 0 unspecified atom stereocenters. The second-order valence-corrected chi connectivity index (χ2v) is 15.6. The highest BCUT2D eigenvalue weighted by Gasteiger charge is 2.21. The number of aryl methyl sites for hydroxylation is 6. The topological polar surface area (TPSA) is 63.2 Å². The van der Waals surface area contributed by atoms with Gasteiger partial charge in [0.25, 0.3) is 0 Å². The van der Waals surface area contributed by atoms with Gasteiger partial charge in [0.05, 0.1) is 0 Å². The number of H-pyrrole nitrogens is 4. The first-order valence-electron chi connectivity index (χ1n) is 19.7. The van der Waals surface area contributed by atoms with E-state index in [4.69, 9.17) is 12.8 Å². The maximum Gasteiger partial charge on any atom is 0.0486 e. The van der Waals surface area contributed by atoms with Crippen molar-refractivity contribution in [2.75, 3.05) is 0 Å². The highest BCUT2D eigenvalue weighted by molar-refractivity contribution is 5.87. The fourth-order valence-electron chi connectivity index (χ4n) is 9.17. The summed E-state index contributed by atoms with van der Waals surface area (Å²) in [6.45, 7) is 13.1. The summed E-state index contributed by atoms with van der Waals surface area (Å²) in [5.74, 6) is 5.71. The third-order valence-electron chi connectivity index (χ3n) is 11.4. The smallest absolute Gasteiger partial charge is 0.0486 e. The summed E-state index contributed by atoms with van der Waals surface area (Å²) < 4.78 is 0. The van der Waals surface area contributed by atoms with Gasteiger partial charge in [-0.3, -0.25) is 0 Å². The summed E-state index contributed by atoms with van der Waals surface area (Å²) >= 11 is 0. The van der Waals surface area contributed by atoms with Crippen molar-refractivity contribution in [3.05, 3.63) is 232 Å². The van der Waals surface area contributed by atoms with E-state index in [1.165, 1.54) is 44.5 Å². The first kappa shape index (κ1) is 36.3. The number of aromatic amines is 4. The highest BCUT2D eigenvalue weighted by atomic mass is 14.8. The zero-order valence-corrected chi connectivity index (χ0v) is 33.7. The Hall–Kier alpha value is -7.40. The Bertz CT molecular complexity index is 3050. The lowest BCUT2D eigenvalue weighted by molar-refractivity contribution is 1.17. The molecule has 0 atom stereocenters. The second-order valence-electron chi connectivity index (χ2n) is 15.6. The van der Waals surface area contributed by atoms with Gasteiger partial charge >= 0.3 is 0 Å². The van der Waals surface area contributed by atoms with Gasteiger partial charge in [-0.1, -0.05) is 71.5 Å². The molecule has 4 N–H and O–H groups in total. The largest absolute Gasteiger partial charge is 0.354 e. The second kappa shape index (κ2) is 14.3. The Morgan fingerprint density at radius 3 is 1.03 bits per heavy atom. The van der Waals surface area contributed by atoms with Crippen LogP contribution in [0.2, 0.25) is 0 Å². The van der Waals surface area contributed by atoms with E-state index in [0.717, 1.165) is 88.7 Å². The van der Waals surface area contributed by atoms with Crippen molar-refractivity contribution in [2.45, 2.75) is 41.5 Å². The Kier molecular flexibility index (Phi) is 8.92. The van der Waals surface area contributed by atoms with Gasteiger partial charge in [-0.25, -0.2) is 0 Å². The van der Waals surface area contributed by atoms with Gasteiger partial charge < -0.3 is 19.9 Å². The monoisotopic (exact) mass is 748 g/mol. The number of benzene rings is 4. The average molecular weight is 749 g/mol. The van der Waals surface area contributed by atoms with E-state index >= 15 is 0 Å². The lowest BCUT2D eigenvalue weighted by Gasteiger charge is -2.15. The van der Waals surface area contributed by atoms with Crippen molar-refractivity contribution in [1.29, 1.82) is 0 Å². The van der Waals surface area contributed by atoms with Crippen LogP contribution < -0.4 is 21.4 Å². The molecule has 0 saturated carbocycles. The van der Waals surface area contributed by atoms with Crippen LogP contribution in [0.25, 0.3) is 22.3 Å². The van der Waals surface area contributed by atoms with Crippen molar-refractivity contribution in [1.82, 2.24) is 19.9 Å². The van der Waals surface area contributed by atoms with Crippen LogP contribution in [0, 0.1) is 66.2 Å². The molecule has 1 aliphatic rings. The maximum atomic E-state index is 5.98. The number of terminal acetylenes is 2. The van der Waals surface area contributed by atoms with Gasteiger partial charge in [-0.05, 0) is 159 Å². The van der Waals surface area contributed by atoms with Crippen molar-refractivity contribution in [2.24, 2.45) is 0 Å². The lowest BCUT2D eigenvalue weighted by atomic mass is 9.92. The Morgan fingerprint density at radius 1 is 0.362 bits per heavy atom. The van der Waals surface area contributed by atoms with E-state index in [-0.39, 0.29) is 0 Å². The zero-order valence-electron chi connectivity index (χ0n) is 33.7. The molecule has 0 spiro atoms. The summed E-state index contributed by atoms with van der Waals surface area (Å²) in [4.78, 5) is 15.7. The van der Waals surface area contributed by atoms with Gasteiger partial charge in [-0.2, -0.15) is 0 Å². The minimum atomic E-state index is 0.824. The van der Waals surface area contributed by atoms with E-state index in [1.807, 2.05) is 24.3 Å². The van der Waals surface area contributed by atoms with Crippen LogP contribution >= 0.6 is 0 Å². The molecule has 4 heteroatoms. The van der Waals surface area contributed by atoms with Crippen molar-refractivity contribution in [3.63, 3.8) is 0 Å². The maximum absolute atomic E-state index is 5.98. The number of fused-ring (bicyclic) bond motifs is 8. The standard InChI is InChI=1S/C54H44N4/c1-9-37-13-11-15-39(29-37)51-41-17-21-45(55-41)53(49-33(5)25-31(3)26-34(49)6)47-23-19-43(57-47)52(40-16-12-14-38(10-2)30-40)44-20-24-48(58-44)54(46-22-18-42(51)56-46)50-35(7)27-32(4)28-36(50)8/h1-2,11-30,55-58H,3-8H3. The molecule has 1 aliphatic heterocycles. The van der Waals surface area contributed by atoms with Crippen molar-refractivity contribution < 1.29 is 0 Å². The van der Waals surface area contributed by atoms with Crippen LogP contribution in [0.1, 0.15) is 89.5 Å². The molecule has 9 rings (SSSR count). The number of hydrogen-bond donors (Lipinski definition) is 4. The minimum absolute atomic E-state index is 0.824. The molecule has 0 aliphatic carbocycles. The molecule has 280 valence electrons. The van der Waals surface area contributed by atoms with E-state index in [9.17, 15) is 0 Å². The Morgan fingerprint density at radius 2 is 0.690 bits per heavy atom. The predicted molar refractivity (Wildman–Crippen MR) is 238 cm³/mol. The Balaban J connectivity index is 1.48. The molecule has 8 bridgehead atoms. The normalized spacial score (nSPS) is 12.5. The van der Waals surface area contributed by atoms with E-state index < -0.39 is 0 Å². The third-order valence-corrected chi connectivity index (χ3v) is 11.4. The Labute approximate surface area is 339 Å². The van der Waals surface area contributed by atoms with Gasteiger partial charge in [0.15, 0.2) is 0 Å². The van der Waals surface area contributed by atoms with Crippen LogP contribution in [0.15, 0.2) is 121 Å². The lowest BCUT2D eigenvalue weighted by Crippen LogP contribution is -2.20.